The molecule has 2 aromatic carbocycles. The van der Waals surface area contributed by atoms with E-state index in [0.717, 1.165) is 37.2 Å². The summed E-state index contributed by atoms with van der Waals surface area (Å²) >= 11 is 0. The van der Waals surface area contributed by atoms with Gasteiger partial charge in [-0.1, -0.05) is 37.3 Å². The van der Waals surface area contributed by atoms with Crippen LogP contribution in [0.1, 0.15) is 30.9 Å². The molecular weight excluding hydrogens is 279 g/mol. The van der Waals surface area contributed by atoms with E-state index >= 15 is 0 Å². The van der Waals surface area contributed by atoms with Crippen LogP contribution in [0.4, 0.5) is 4.39 Å². The zero-order valence-corrected chi connectivity index (χ0v) is 12.8. The van der Waals surface area contributed by atoms with Crippen LogP contribution < -0.4 is 4.74 Å². The summed E-state index contributed by atoms with van der Waals surface area (Å²) < 4.78 is 25.2. The highest BCUT2D eigenvalue weighted by Gasteiger charge is 2.30. The van der Waals surface area contributed by atoms with E-state index in [2.05, 4.69) is 6.92 Å². The standard InChI is InChI=1S/C19H21FO2/c1-19(7-9-21-10-8-19)16-11-17(20)13-18(12-16)22-14-15-5-3-2-4-6-15/h2-6,11-13H,7-10,14H2,1H3. The summed E-state index contributed by atoms with van der Waals surface area (Å²) in [7, 11) is 0. The van der Waals surface area contributed by atoms with E-state index < -0.39 is 0 Å². The number of hydrogen-bond donors (Lipinski definition) is 0. The highest BCUT2D eigenvalue weighted by Crippen LogP contribution is 2.36. The molecule has 0 amide bonds. The largest absolute Gasteiger partial charge is 0.489 e. The molecule has 2 aromatic rings. The highest BCUT2D eigenvalue weighted by molar-refractivity contribution is 5.35. The Kier molecular flexibility index (Phi) is 4.44. The van der Waals surface area contributed by atoms with Gasteiger partial charge in [-0.05, 0) is 41.5 Å². The molecule has 1 saturated heterocycles. The van der Waals surface area contributed by atoms with Crippen molar-refractivity contribution in [2.24, 2.45) is 0 Å². The van der Waals surface area contributed by atoms with E-state index in [-0.39, 0.29) is 11.2 Å². The third-order valence-electron chi connectivity index (χ3n) is 4.41. The minimum Gasteiger partial charge on any atom is -0.489 e. The molecule has 116 valence electrons. The van der Waals surface area contributed by atoms with Gasteiger partial charge in [-0.3, -0.25) is 0 Å². The first-order valence-corrected chi connectivity index (χ1v) is 7.71. The number of ether oxygens (including phenoxy) is 2. The Morgan fingerprint density at radius 1 is 1.09 bits per heavy atom. The molecule has 1 aliphatic heterocycles. The van der Waals surface area contributed by atoms with Crippen LogP contribution in [0.25, 0.3) is 0 Å². The summed E-state index contributed by atoms with van der Waals surface area (Å²) in [6.45, 7) is 4.08. The smallest absolute Gasteiger partial charge is 0.127 e. The minimum absolute atomic E-state index is 0.0365. The van der Waals surface area contributed by atoms with E-state index in [1.165, 1.54) is 6.07 Å². The second kappa shape index (κ2) is 6.49. The summed E-state index contributed by atoms with van der Waals surface area (Å²) in [6, 6.07) is 15.0. The first-order chi connectivity index (χ1) is 10.7. The molecule has 1 heterocycles. The first kappa shape index (κ1) is 15.0. The van der Waals surface area contributed by atoms with Crippen molar-refractivity contribution in [1.82, 2.24) is 0 Å². The fraction of sp³-hybridized carbons (Fsp3) is 0.368. The fourth-order valence-electron chi connectivity index (χ4n) is 2.85. The molecule has 0 atom stereocenters. The monoisotopic (exact) mass is 300 g/mol. The summed E-state index contributed by atoms with van der Waals surface area (Å²) in [5, 5.41) is 0. The molecule has 22 heavy (non-hydrogen) atoms. The molecule has 1 fully saturated rings. The Hall–Kier alpha value is -1.87. The normalized spacial score (nSPS) is 17.2. The van der Waals surface area contributed by atoms with E-state index in [9.17, 15) is 4.39 Å². The van der Waals surface area contributed by atoms with Gasteiger partial charge >= 0.3 is 0 Å². The first-order valence-electron chi connectivity index (χ1n) is 7.71. The Labute approximate surface area is 130 Å². The predicted molar refractivity (Wildman–Crippen MR) is 84.6 cm³/mol. The van der Waals surface area contributed by atoms with Gasteiger partial charge in [-0.2, -0.15) is 0 Å². The SMILES string of the molecule is CC1(c2cc(F)cc(OCc3ccccc3)c2)CCOCC1. The molecule has 1 aliphatic rings. The molecule has 0 N–H and O–H groups in total. The summed E-state index contributed by atoms with van der Waals surface area (Å²) in [5.74, 6) is 0.347. The van der Waals surface area contributed by atoms with Crippen LogP contribution in [0.2, 0.25) is 0 Å². The van der Waals surface area contributed by atoms with Crippen molar-refractivity contribution in [3.63, 3.8) is 0 Å². The van der Waals surface area contributed by atoms with Crippen LogP contribution in [0.5, 0.6) is 5.75 Å². The highest BCUT2D eigenvalue weighted by atomic mass is 19.1. The lowest BCUT2D eigenvalue weighted by molar-refractivity contribution is 0.0562. The average molecular weight is 300 g/mol. The zero-order valence-electron chi connectivity index (χ0n) is 12.8. The quantitative estimate of drug-likeness (QED) is 0.829. The Morgan fingerprint density at radius 2 is 1.82 bits per heavy atom. The molecule has 3 heteroatoms. The van der Waals surface area contributed by atoms with Crippen molar-refractivity contribution in [1.29, 1.82) is 0 Å². The number of hydrogen-bond acceptors (Lipinski definition) is 2. The van der Waals surface area contributed by atoms with E-state index in [1.807, 2.05) is 36.4 Å². The summed E-state index contributed by atoms with van der Waals surface area (Å²) in [6.07, 6.45) is 1.82. The van der Waals surface area contributed by atoms with Crippen LogP contribution in [0.3, 0.4) is 0 Å². The molecular formula is C19H21FO2. The maximum absolute atomic E-state index is 14.0. The Bertz CT molecular complexity index is 619. The van der Waals surface area contributed by atoms with Gasteiger partial charge in [0, 0.05) is 19.3 Å². The third-order valence-corrected chi connectivity index (χ3v) is 4.41. The van der Waals surface area contributed by atoms with Gasteiger partial charge < -0.3 is 9.47 Å². The zero-order chi connectivity index (χ0) is 15.4. The van der Waals surface area contributed by atoms with E-state index in [0.29, 0.717) is 12.4 Å². The Balaban J connectivity index is 1.77. The fourth-order valence-corrected chi connectivity index (χ4v) is 2.85. The van der Waals surface area contributed by atoms with Gasteiger partial charge in [0.2, 0.25) is 0 Å². The maximum Gasteiger partial charge on any atom is 0.127 e. The van der Waals surface area contributed by atoms with E-state index in [4.69, 9.17) is 9.47 Å². The second-order valence-corrected chi connectivity index (χ2v) is 6.12. The van der Waals surface area contributed by atoms with Crippen molar-refractivity contribution in [3.05, 3.63) is 65.5 Å². The van der Waals surface area contributed by atoms with E-state index in [1.54, 1.807) is 6.07 Å². The lowest BCUT2D eigenvalue weighted by Crippen LogP contribution is -2.30. The van der Waals surface area contributed by atoms with Crippen molar-refractivity contribution in [2.75, 3.05) is 13.2 Å². The maximum atomic E-state index is 14.0. The molecule has 2 nitrogen and oxygen atoms in total. The molecule has 0 bridgehead atoms. The molecule has 0 aliphatic carbocycles. The molecule has 0 radical (unpaired) electrons. The summed E-state index contributed by atoms with van der Waals surface area (Å²) in [5.41, 5.74) is 2.04. The van der Waals surface area contributed by atoms with Crippen LogP contribution in [0.15, 0.2) is 48.5 Å². The van der Waals surface area contributed by atoms with Gasteiger partial charge in [-0.15, -0.1) is 0 Å². The minimum atomic E-state index is -0.242. The third kappa shape index (κ3) is 3.47. The Morgan fingerprint density at radius 3 is 2.55 bits per heavy atom. The predicted octanol–water partition coefficient (Wildman–Crippen LogP) is 4.47. The van der Waals surface area contributed by atoms with Gasteiger partial charge in [-0.25, -0.2) is 4.39 Å². The van der Waals surface area contributed by atoms with Crippen molar-refractivity contribution in [3.8, 4) is 5.75 Å². The van der Waals surface area contributed by atoms with Crippen molar-refractivity contribution < 1.29 is 13.9 Å². The number of halogens is 1. The molecule has 0 unspecified atom stereocenters. The number of rotatable bonds is 4. The van der Waals surface area contributed by atoms with Crippen LogP contribution >= 0.6 is 0 Å². The second-order valence-electron chi connectivity index (χ2n) is 6.12. The van der Waals surface area contributed by atoms with Crippen molar-refractivity contribution in [2.45, 2.75) is 31.8 Å². The van der Waals surface area contributed by atoms with Gasteiger partial charge in [0.1, 0.15) is 18.2 Å². The van der Waals surface area contributed by atoms with Crippen LogP contribution in [-0.4, -0.2) is 13.2 Å². The average Bonchev–Trinajstić information content (AvgIpc) is 2.54. The lowest BCUT2D eigenvalue weighted by Gasteiger charge is -2.34. The van der Waals surface area contributed by atoms with Crippen molar-refractivity contribution >= 4 is 0 Å². The van der Waals surface area contributed by atoms with Crippen LogP contribution in [0, 0.1) is 5.82 Å². The van der Waals surface area contributed by atoms with Gasteiger partial charge in [0.15, 0.2) is 0 Å². The molecule has 0 spiro atoms. The molecule has 0 saturated carbocycles. The number of benzene rings is 2. The topological polar surface area (TPSA) is 18.5 Å². The molecule has 3 rings (SSSR count). The van der Waals surface area contributed by atoms with Gasteiger partial charge in [0.05, 0.1) is 0 Å². The molecule has 0 aromatic heterocycles. The van der Waals surface area contributed by atoms with Crippen LogP contribution in [-0.2, 0) is 16.8 Å². The summed E-state index contributed by atoms with van der Waals surface area (Å²) in [4.78, 5) is 0. The van der Waals surface area contributed by atoms with Gasteiger partial charge in [0.25, 0.3) is 0 Å². The lowest BCUT2D eigenvalue weighted by atomic mass is 9.76.